The van der Waals surface area contributed by atoms with Gasteiger partial charge in [0.25, 0.3) is 0 Å². The molecule has 0 aliphatic carbocycles. The minimum Gasteiger partial charge on any atom is -0.394 e. The van der Waals surface area contributed by atoms with E-state index < -0.39 is 9.05 Å². The molecule has 0 rings (SSSR count). The van der Waals surface area contributed by atoms with Gasteiger partial charge in [0.05, 0.1) is 52.9 Å². The molecule has 0 bridgehead atoms. The van der Waals surface area contributed by atoms with Gasteiger partial charge in [-0.2, -0.15) is 0 Å². The zero-order chi connectivity index (χ0) is 14.4. The quantitative estimate of drug-likeness (QED) is 0.168. The van der Waals surface area contributed by atoms with E-state index in [0.717, 1.165) is 0 Å². The van der Waals surface area contributed by atoms with E-state index >= 15 is 0 Å². The average Bonchev–Trinajstić information content (AvgIpc) is 2.43. The summed E-state index contributed by atoms with van der Waals surface area (Å²) in [5.41, 5.74) is 0. The number of hydrogen-bond acceptors (Lipinski definition) is 8. The standard InChI is InChI=1S/C10H24O8Si.2U/c1-13-7-9-17-19(15-5-3-11,16-6-4-12)18-10-8-14-2;;/h11-12H,3-10H2,1-2H3;;. The summed E-state index contributed by atoms with van der Waals surface area (Å²) in [5, 5.41) is 17.7. The van der Waals surface area contributed by atoms with Crippen LogP contribution < -0.4 is 0 Å². The fourth-order valence-corrected chi connectivity index (χ4v) is 2.94. The zero-order valence-electron chi connectivity index (χ0n) is 12.5. The van der Waals surface area contributed by atoms with Crippen LogP contribution in [0.15, 0.2) is 0 Å². The number of methoxy groups -OCH3 is 2. The fraction of sp³-hybridized carbons (Fsp3) is 1.00. The van der Waals surface area contributed by atoms with Crippen molar-refractivity contribution in [3.05, 3.63) is 0 Å². The molecule has 124 valence electrons. The molecule has 0 radical (unpaired) electrons. The number of aliphatic hydroxyl groups excluding tert-OH is 2. The molecule has 0 aromatic rings. The van der Waals surface area contributed by atoms with Gasteiger partial charge in [-0.25, -0.2) is 0 Å². The molecule has 0 atom stereocenters. The molecule has 0 unspecified atom stereocenters. The molecule has 0 saturated carbocycles. The van der Waals surface area contributed by atoms with Gasteiger partial charge in [-0.1, -0.05) is 0 Å². The largest absolute Gasteiger partial charge is 0.680 e. The first-order valence-electron chi connectivity index (χ1n) is 6.00. The van der Waals surface area contributed by atoms with Crippen LogP contribution >= 0.6 is 0 Å². The van der Waals surface area contributed by atoms with E-state index in [4.69, 9.17) is 37.4 Å². The molecule has 0 fully saturated rings. The van der Waals surface area contributed by atoms with Crippen LogP contribution in [0.25, 0.3) is 0 Å². The van der Waals surface area contributed by atoms with E-state index in [9.17, 15) is 0 Å². The normalized spacial score (nSPS) is 10.9. The number of hydrogen-bond donors (Lipinski definition) is 2. The van der Waals surface area contributed by atoms with Crippen molar-refractivity contribution in [2.24, 2.45) is 0 Å². The van der Waals surface area contributed by atoms with Gasteiger partial charge in [-0.05, 0) is 0 Å². The Morgan fingerprint density at radius 3 is 1.24 bits per heavy atom. The minimum absolute atomic E-state index is 0. The first kappa shape index (κ1) is 27.8. The van der Waals surface area contributed by atoms with Crippen molar-refractivity contribution < 1.29 is 99.6 Å². The van der Waals surface area contributed by atoms with Crippen molar-refractivity contribution in [2.75, 3.05) is 67.1 Å². The van der Waals surface area contributed by atoms with Gasteiger partial charge in [-0.15, -0.1) is 0 Å². The van der Waals surface area contributed by atoms with Crippen LogP contribution in [-0.4, -0.2) is 86.3 Å². The molecule has 0 aliphatic rings. The van der Waals surface area contributed by atoms with Gasteiger partial charge in [0.1, 0.15) is 0 Å². The van der Waals surface area contributed by atoms with Gasteiger partial charge in [-0.3, -0.25) is 0 Å². The SMILES string of the molecule is COCCO[Si](OCCO)(OCCO)OCCOC.[U].[U]. The summed E-state index contributed by atoms with van der Waals surface area (Å²) in [4.78, 5) is 0. The number of ether oxygens (including phenoxy) is 2. The maximum absolute atomic E-state index is 8.83. The Hall–Kier alpha value is 2.00. The summed E-state index contributed by atoms with van der Waals surface area (Å²) < 4.78 is 31.5. The third-order valence-electron chi connectivity index (χ3n) is 1.87. The van der Waals surface area contributed by atoms with Crippen molar-refractivity contribution >= 4 is 9.05 Å². The van der Waals surface area contributed by atoms with Crippen LogP contribution in [0.2, 0.25) is 0 Å². The first-order chi connectivity index (χ1) is 9.24. The van der Waals surface area contributed by atoms with Gasteiger partial charge in [0.2, 0.25) is 0 Å². The fourth-order valence-electron chi connectivity index (χ4n) is 1.09. The molecule has 21 heavy (non-hydrogen) atoms. The second-order valence-corrected chi connectivity index (χ2v) is 5.48. The van der Waals surface area contributed by atoms with Gasteiger partial charge < -0.3 is 37.4 Å². The maximum atomic E-state index is 8.83. The molecule has 0 amide bonds. The molecule has 8 nitrogen and oxygen atoms in total. The van der Waals surface area contributed by atoms with E-state index in [-0.39, 0.29) is 102 Å². The molecular formula is C10H24O8SiU2. The Labute approximate surface area is 174 Å². The maximum Gasteiger partial charge on any atom is 0.680 e. The van der Waals surface area contributed by atoms with Crippen molar-refractivity contribution in [2.45, 2.75) is 0 Å². The van der Waals surface area contributed by atoms with E-state index in [2.05, 4.69) is 0 Å². The summed E-state index contributed by atoms with van der Waals surface area (Å²) in [6, 6.07) is 0. The molecule has 11 heteroatoms. The van der Waals surface area contributed by atoms with Crippen LogP contribution in [0.4, 0.5) is 0 Å². The predicted octanol–water partition coefficient (Wildman–Crippen LogP) is -1.23. The molecule has 0 spiro atoms. The van der Waals surface area contributed by atoms with Crippen molar-refractivity contribution in [1.29, 1.82) is 0 Å². The van der Waals surface area contributed by atoms with Crippen molar-refractivity contribution in [3.63, 3.8) is 0 Å². The van der Waals surface area contributed by atoms with Crippen LogP contribution in [0.5, 0.6) is 0 Å². The Balaban J connectivity index is -0.00000162. The molecule has 2 N–H and O–H groups in total. The number of aliphatic hydroxyl groups is 2. The molecular weight excluding hydrogens is 752 g/mol. The summed E-state index contributed by atoms with van der Waals surface area (Å²) in [6.45, 7) is 0.853. The smallest absolute Gasteiger partial charge is 0.394 e. The van der Waals surface area contributed by atoms with Crippen LogP contribution in [0, 0.1) is 62.2 Å². The Morgan fingerprint density at radius 1 is 0.619 bits per heavy atom. The van der Waals surface area contributed by atoms with Crippen molar-refractivity contribution in [3.8, 4) is 0 Å². The second kappa shape index (κ2) is 20.0. The number of rotatable bonds is 14. The van der Waals surface area contributed by atoms with Crippen molar-refractivity contribution in [1.82, 2.24) is 0 Å². The topological polar surface area (TPSA) is 95.8 Å². The summed E-state index contributed by atoms with van der Waals surface area (Å²) in [6.07, 6.45) is 0. The zero-order valence-corrected chi connectivity index (χ0v) is 21.8. The monoisotopic (exact) mass is 776 g/mol. The average molecular weight is 776 g/mol. The Kier molecular flexibility index (Phi) is 26.6. The van der Waals surface area contributed by atoms with Gasteiger partial charge in [0, 0.05) is 76.4 Å². The third kappa shape index (κ3) is 15.3. The van der Waals surface area contributed by atoms with Gasteiger partial charge in [0.15, 0.2) is 0 Å². The van der Waals surface area contributed by atoms with E-state index in [1.54, 1.807) is 14.2 Å². The van der Waals surface area contributed by atoms with E-state index in [1.165, 1.54) is 0 Å². The van der Waals surface area contributed by atoms with Crippen LogP contribution in [0.3, 0.4) is 0 Å². The molecule has 0 heterocycles. The second-order valence-electron chi connectivity index (χ2n) is 3.33. The summed E-state index contributed by atoms with van der Waals surface area (Å²) in [7, 11) is -0.306. The molecule has 0 saturated heterocycles. The Bertz CT molecular complexity index is 184. The molecule has 0 aromatic carbocycles. The summed E-state index contributed by atoms with van der Waals surface area (Å²) >= 11 is 0. The molecule has 0 aromatic heterocycles. The summed E-state index contributed by atoms with van der Waals surface area (Å²) in [5.74, 6) is 0. The minimum atomic E-state index is -3.39. The Morgan fingerprint density at radius 2 is 0.952 bits per heavy atom. The van der Waals surface area contributed by atoms with E-state index in [0.29, 0.717) is 13.2 Å². The van der Waals surface area contributed by atoms with E-state index in [1.807, 2.05) is 0 Å². The van der Waals surface area contributed by atoms with Gasteiger partial charge >= 0.3 is 9.05 Å². The molecule has 0 aliphatic heterocycles. The first-order valence-corrected chi connectivity index (χ1v) is 7.63. The van der Waals surface area contributed by atoms with Crippen LogP contribution in [0.1, 0.15) is 0 Å². The third-order valence-corrected chi connectivity index (χ3v) is 4.10. The van der Waals surface area contributed by atoms with Crippen LogP contribution in [-0.2, 0) is 27.2 Å². The predicted molar refractivity (Wildman–Crippen MR) is 67.5 cm³/mol.